The Bertz CT molecular complexity index is 361. The maximum absolute atomic E-state index is 10.7. The lowest BCUT2D eigenvalue weighted by atomic mass is 10.4. The van der Waals surface area contributed by atoms with Crippen molar-refractivity contribution in [2.24, 2.45) is 0 Å². The number of carbonyl (C=O) groups is 3. The molecule has 1 heterocycles. The van der Waals surface area contributed by atoms with Crippen molar-refractivity contribution >= 4 is 17.8 Å². The third-order valence-electron chi connectivity index (χ3n) is 1.87. The van der Waals surface area contributed by atoms with Crippen LogP contribution >= 0.6 is 0 Å². The van der Waals surface area contributed by atoms with Crippen LogP contribution in [-0.2, 0) is 14.4 Å². The highest BCUT2D eigenvalue weighted by molar-refractivity contribution is 5.84. The number of carboxylic acid groups (broad SMARTS) is 2. The molecule has 2 N–H and O–H groups in total. The summed E-state index contributed by atoms with van der Waals surface area (Å²) in [5.41, 5.74) is 0.176. The first kappa shape index (κ1) is 19.0. The van der Waals surface area contributed by atoms with Gasteiger partial charge in [-0.25, -0.2) is 9.59 Å². The molecule has 1 fully saturated rings. The molecule has 0 unspecified atom stereocenters. The summed E-state index contributed by atoms with van der Waals surface area (Å²) < 4.78 is 0. The van der Waals surface area contributed by atoms with Crippen molar-refractivity contribution in [3.05, 3.63) is 37.6 Å². The topological polar surface area (TPSA) is 94.9 Å². The predicted octanol–water partition coefficient (Wildman–Crippen LogP) is 1.66. The summed E-state index contributed by atoms with van der Waals surface area (Å²) in [4.78, 5) is 31.2. The largest absolute Gasteiger partial charge is 0.478 e. The number of nitrogens with zero attached hydrogens (tertiary/aromatic N) is 1. The van der Waals surface area contributed by atoms with Crippen molar-refractivity contribution in [2.75, 3.05) is 6.54 Å². The van der Waals surface area contributed by atoms with E-state index < -0.39 is 11.9 Å². The molecule has 0 aromatic rings. The first-order chi connectivity index (χ1) is 8.76. The van der Waals surface area contributed by atoms with E-state index in [0.29, 0.717) is 6.42 Å². The summed E-state index contributed by atoms with van der Waals surface area (Å²) in [6.07, 6.45) is 4.12. The molecule has 1 saturated heterocycles. The summed E-state index contributed by atoms with van der Waals surface area (Å²) in [6.45, 7) is 11.9. The molecule has 0 saturated carbocycles. The number of carboxylic acids is 2. The quantitative estimate of drug-likeness (QED) is 0.760. The van der Waals surface area contributed by atoms with Crippen molar-refractivity contribution in [3.63, 3.8) is 0 Å². The molecule has 6 heteroatoms. The van der Waals surface area contributed by atoms with Crippen LogP contribution in [0.1, 0.15) is 19.8 Å². The first-order valence-electron chi connectivity index (χ1n) is 5.42. The van der Waals surface area contributed by atoms with Gasteiger partial charge in [0.2, 0.25) is 5.91 Å². The monoisotopic (exact) mass is 269 g/mol. The lowest BCUT2D eigenvalue weighted by molar-refractivity contribution is -0.133. The van der Waals surface area contributed by atoms with Crippen LogP contribution in [0, 0.1) is 0 Å². The first-order valence-corrected chi connectivity index (χ1v) is 5.42. The summed E-state index contributed by atoms with van der Waals surface area (Å²) in [6, 6.07) is 0. The van der Waals surface area contributed by atoms with E-state index in [-0.39, 0.29) is 11.5 Å². The van der Waals surface area contributed by atoms with Crippen molar-refractivity contribution in [1.29, 1.82) is 0 Å². The van der Waals surface area contributed by atoms with E-state index in [9.17, 15) is 14.4 Å². The van der Waals surface area contributed by atoms with E-state index in [1.807, 2.05) is 0 Å². The maximum atomic E-state index is 10.7. The van der Waals surface area contributed by atoms with E-state index in [1.165, 1.54) is 6.92 Å². The zero-order valence-corrected chi connectivity index (χ0v) is 11.0. The minimum atomic E-state index is -0.981. The molecule has 1 aliphatic rings. The Balaban J connectivity index is 0. The van der Waals surface area contributed by atoms with Crippen molar-refractivity contribution in [3.8, 4) is 0 Å². The van der Waals surface area contributed by atoms with E-state index >= 15 is 0 Å². The Labute approximate surface area is 112 Å². The second kappa shape index (κ2) is 10.8. The molecule has 0 atom stereocenters. The summed E-state index contributed by atoms with van der Waals surface area (Å²) >= 11 is 0. The molecule has 106 valence electrons. The lowest BCUT2D eigenvalue weighted by Crippen LogP contribution is -2.16. The third-order valence-corrected chi connectivity index (χ3v) is 1.87. The van der Waals surface area contributed by atoms with Crippen molar-refractivity contribution in [1.82, 2.24) is 4.90 Å². The van der Waals surface area contributed by atoms with Crippen LogP contribution in [0.25, 0.3) is 0 Å². The van der Waals surface area contributed by atoms with Gasteiger partial charge in [-0.05, 0) is 19.5 Å². The molecule has 0 bridgehead atoms. The molecule has 6 nitrogen and oxygen atoms in total. The van der Waals surface area contributed by atoms with Crippen LogP contribution in [-0.4, -0.2) is 39.5 Å². The van der Waals surface area contributed by atoms with Gasteiger partial charge in [0.1, 0.15) is 0 Å². The fourth-order valence-corrected chi connectivity index (χ4v) is 0.862. The molecule has 19 heavy (non-hydrogen) atoms. The van der Waals surface area contributed by atoms with Crippen LogP contribution in [0.3, 0.4) is 0 Å². The highest BCUT2D eigenvalue weighted by Gasteiger charge is 2.15. The van der Waals surface area contributed by atoms with Gasteiger partial charge in [0.05, 0.1) is 0 Å². The number of amides is 1. The number of hydrogen-bond donors (Lipinski definition) is 2. The average molecular weight is 269 g/mol. The normalized spacial score (nSPS) is 12.3. The zero-order valence-electron chi connectivity index (χ0n) is 11.0. The van der Waals surface area contributed by atoms with Gasteiger partial charge in [-0.15, -0.1) is 0 Å². The number of aliphatic carboxylic acids is 2. The smallest absolute Gasteiger partial charge is 0.330 e. The minimum Gasteiger partial charge on any atom is -0.478 e. The molecular weight excluding hydrogens is 250 g/mol. The van der Waals surface area contributed by atoms with Gasteiger partial charge < -0.3 is 15.1 Å². The van der Waals surface area contributed by atoms with Gasteiger partial charge >= 0.3 is 11.9 Å². The molecule has 0 aromatic carbocycles. The molecule has 0 aliphatic carbocycles. The van der Waals surface area contributed by atoms with Gasteiger partial charge in [0, 0.05) is 24.6 Å². The van der Waals surface area contributed by atoms with Crippen LogP contribution in [0.15, 0.2) is 37.6 Å². The second-order valence-electron chi connectivity index (χ2n) is 3.50. The maximum Gasteiger partial charge on any atom is 0.330 e. The number of likely N-dealkylation sites (tertiary alicyclic amines) is 1. The second-order valence-corrected chi connectivity index (χ2v) is 3.50. The molecule has 0 aromatic heterocycles. The van der Waals surface area contributed by atoms with Crippen LogP contribution in [0.5, 0.6) is 0 Å². The van der Waals surface area contributed by atoms with E-state index in [4.69, 9.17) is 10.2 Å². The zero-order chi connectivity index (χ0) is 15.4. The van der Waals surface area contributed by atoms with Gasteiger partial charge in [0.25, 0.3) is 0 Å². The number of hydrogen-bond acceptors (Lipinski definition) is 3. The van der Waals surface area contributed by atoms with Crippen molar-refractivity contribution < 1.29 is 24.6 Å². The minimum absolute atomic E-state index is 0.176. The van der Waals surface area contributed by atoms with Crippen LogP contribution < -0.4 is 0 Å². The fraction of sp³-hybridized carbons (Fsp3) is 0.308. The molecule has 0 spiro atoms. The highest BCUT2D eigenvalue weighted by Crippen LogP contribution is 2.08. The Morgan fingerprint density at radius 3 is 1.84 bits per heavy atom. The third kappa shape index (κ3) is 11.9. The predicted molar refractivity (Wildman–Crippen MR) is 71.4 cm³/mol. The standard InChI is InChI=1S/C6H9NO.C4H6O2.C3H4O2/c1-2-7-5-3-4-6(7)8;1-3(2)4(5)6;1-2-3(4)5/h2H,1,3-5H2;1H2,2H3,(H,5,6);2H,1H2,(H,4,5). The molecule has 1 rings (SSSR count). The summed E-state index contributed by atoms with van der Waals surface area (Å²) in [5, 5.41) is 15.5. The highest BCUT2D eigenvalue weighted by atomic mass is 16.4. The Morgan fingerprint density at radius 1 is 1.32 bits per heavy atom. The molecular formula is C13H19NO5. The average Bonchev–Trinajstić information content (AvgIpc) is 2.76. The van der Waals surface area contributed by atoms with Gasteiger partial charge in [0.15, 0.2) is 0 Å². The summed E-state index contributed by atoms with van der Waals surface area (Å²) in [5.74, 6) is -1.71. The van der Waals surface area contributed by atoms with Crippen molar-refractivity contribution in [2.45, 2.75) is 19.8 Å². The van der Waals surface area contributed by atoms with Gasteiger partial charge in [-0.2, -0.15) is 0 Å². The van der Waals surface area contributed by atoms with Gasteiger partial charge in [-0.3, -0.25) is 4.79 Å². The molecule has 1 amide bonds. The Hall–Kier alpha value is -2.37. The van der Waals surface area contributed by atoms with Crippen LogP contribution in [0.4, 0.5) is 0 Å². The Kier molecular flexibility index (Phi) is 10.8. The number of carbonyl (C=O) groups excluding carboxylic acids is 1. The lowest BCUT2D eigenvalue weighted by Gasteiger charge is -2.05. The number of rotatable bonds is 3. The molecule has 0 radical (unpaired) electrons. The fourth-order valence-electron chi connectivity index (χ4n) is 0.862. The molecule has 1 aliphatic heterocycles. The van der Waals surface area contributed by atoms with E-state index in [2.05, 4.69) is 19.7 Å². The Morgan fingerprint density at radius 2 is 1.74 bits per heavy atom. The van der Waals surface area contributed by atoms with Crippen LogP contribution in [0.2, 0.25) is 0 Å². The van der Waals surface area contributed by atoms with Gasteiger partial charge in [-0.1, -0.05) is 19.7 Å². The summed E-state index contributed by atoms with van der Waals surface area (Å²) in [7, 11) is 0. The SMILES string of the molecule is C=C(C)C(=O)O.C=CC(=O)O.C=CN1CCCC1=O. The van der Waals surface area contributed by atoms with E-state index in [1.54, 1.807) is 11.1 Å². The van der Waals surface area contributed by atoms with E-state index in [0.717, 1.165) is 19.0 Å².